The fourth-order valence-corrected chi connectivity index (χ4v) is 7.93. The van der Waals surface area contributed by atoms with E-state index < -0.39 is 58.4 Å². The molecule has 0 aromatic rings. The second-order valence-electron chi connectivity index (χ2n) is 10.9. The Labute approximate surface area is 181 Å². The van der Waals surface area contributed by atoms with Gasteiger partial charge in [0.1, 0.15) is 6.61 Å². The Bertz CT molecular complexity index is 925. The molecule has 2 N–H and O–H groups in total. The number of rotatable bonds is 2. The lowest BCUT2D eigenvalue weighted by molar-refractivity contribution is -0.246. The maximum Gasteiger partial charge on any atom is 0.193 e. The van der Waals surface area contributed by atoms with Crippen LogP contribution < -0.4 is 0 Å². The largest absolute Gasteiger partial charge is 0.390 e. The van der Waals surface area contributed by atoms with Crippen LogP contribution in [0, 0.1) is 22.7 Å². The number of aliphatic hydroxyl groups is 2. The van der Waals surface area contributed by atoms with Gasteiger partial charge in [0.25, 0.3) is 0 Å². The van der Waals surface area contributed by atoms with Crippen molar-refractivity contribution in [2.24, 2.45) is 22.7 Å². The molecule has 5 rings (SSSR count). The van der Waals surface area contributed by atoms with E-state index in [1.807, 2.05) is 6.92 Å². The summed E-state index contributed by atoms with van der Waals surface area (Å²) in [6, 6.07) is 0. The van der Waals surface area contributed by atoms with Crippen LogP contribution >= 0.6 is 0 Å². The molecule has 5 aliphatic rings. The first-order valence-corrected chi connectivity index (χ1v) is 11.2. The number of hydrogen-bond acceptors (Lipinski definition) is 6. The van der Waals surface area contributed by atoms with Gasteiger partial charge in [-0.1, -0.05) is 18.6 Å². The van der Waals surface area contributed by atoms with E-state index in [1.54, 1.807) is 26.8 Å². The highest BCUT2D eigenvalue weighted by Crippen LogP contribution is 2.72. The third-order valence-electron chi connectivity index (χ3n) is 9.19. The molecular weight excluding hydrogens is 406 g/mol. The van der Waals surface area contributed by atoms with E-state index in [-0.39, 0.29) is 18.1 Å². The molecule has 0 radical (unpaired) electrons. The van der Waals surface area contributed by atoms with Gasteiger partial charge in [-0.25, -0.2) is 4.39 Å². The molecule has 7 heteroatoms. The van der Waals surface area contributed by atoms with Crippen molar-refractivity contribution in [2.75, 3.05) is 6.61 Å². The zero-order chi connectivity index (χ0) is 22.6. The lowest BCUT2D eigenvalue weighted by Gasteiger charge is -2.62. The van der Waals surface area contributed by atoms with Gasteiger partial charge in [0.05, 0.1) is 12.2 Å². The van der Waals surface area contributed by atoms with Gasteiger partial charge in [-0.15, -0.1) is 0 Å². The zero-order valence-corrected chi connectivity index (χ0v) is 18.5. The van der Waals surface area contributed by atoms with Crippen molar-refractivity contribution >= 4 is 11.6 Å². The Kier molecular flexibility index (Phi) is 4.24. The van der Waals surface area contributed by atoms with E-state index in [0.29, 0.717) is 19.3 Å². The second kappa shape index (κ2) is 6.13. The average molecular weight is 437 g/mol. The van der Waals surface area contributed by atoms with Crippen molar-refractivity contribution in [3.05, 3.63) is 23.8 Å². The molecule has 1 aliphatic heterocycles. The molecule has 1 saturated heterocycles. The number of carbonyl (C=O) groups excluding carboxylic acids is 2. The van der Waals surface area contributed by atoms with Crippen molar-refractivity contribution in [1.82, 2.24) is 0 Å². The van der Waals surface area contributed by atoms with E-state index in [4.69, 9.17) is 9.47 Å². The van der Waals surface area contributed by atoms with Crippen molar-refractivity contribution in [3.8, 4) is 0 Å². The van der Waals surface area contributed by atoms with Gasteiger partial charge in [-0.05, 0) is 64.5 Å². The Morgan fingerprint density at radius 3 is 2.65 bits per heavy atom. The first-order chi connectivity index (χ1) is 14.4. The van der Waals surface area contributed by atoms with Gasteiger partial charge in [0.15, 0.2) is 28.6 Å². The lowest BCUT2D eigenvalue weighted by Crippen LogP contribution is -2.70. The minimum Gasteiger partial charge on any atom is -0.390 e. The predicted molar refractivity (Wildman–Crippen MR) is 109 cm³/mol. The number of halogens is 1. The van der Waals surface area contributed by atoms with E-state index in [0.717, 1.165) is 5.57 Å². The molecular formula is C24H31FO6. The molecule has 6 nitrogen and oxygen atoms in total. The Balaban J connectivity index is 1.64. The predicted octanol–water partition coefficient (Wildman–Crippen LogP) is 2.42. The van der Waals surface area contributed by atoms with Crippen molar-refractivity contribution in [1.29, 1.82) is 0 Å². The summed E-state index contributed by atoms with van der Waals surface area (Å²) in [4.78, 5) is 25.1. The van der Waals surface area contributed by atoms with E-state index >= 15 is 4.39 Å². The third kappa shape index (κ3) is 2.31. The van der Waals surface area contributed by atoms with Crippen LogP contribution in [0.2, 0.25) is 0 Å². The molecule has 3 saturated carbocycles. The van der Waals surface area contributed by atoms with Gasteiger partial charge >= 0.3 is 0 Å². The number of allylic oxidation sites excluding steroid dienone is 4. The molecule has 0 spiro atoms. The topological polar surface area (TPSA) is 93.1 Å². The van der Waals surface area contributed by atoms with Gasteiger partial charge in [-0.3, -0.25) is 9.59 Å². The summed E-state index contributed by atoms with van der Waals surface area (Å²) in [5.74, 6) is -2.46. The maximum atomic E-state index is 17.1. The Hall–Kier alpha value is -1.41. The molecule has 170 valence electrons. The van der Waals surface area contributed by atoms with Gasteiger partial charge in [-0.2, -0.15) is 0 Å². The third-order valence-corrected chi connectivity index (χ3v) is 9.19. The summed E-state index contributed by atoms with van der Waals surface area (Å²) >= 11 is 0. The van der Waals surface area contributed by atoms with Gasteiger partial charge in [0, 0.05) is 16.7 Å². The second-order valence-corrected chi connectivity index (χ2v) is 10.9. The summed E-state index contributed by atoms with van der Waals surface area (Å²) in [5.41, 5.74) is -4.66. The van der Waals surface area contributed by atoms with E-state index in [9.17, 15) is 19.8 Å². The first-order valence-electron chi connectivity index (χ1n) is 11.2. The van der Waals surface area contributed by atoms with E-state index in [1.165, 1.54) is 12.2 Å². The highest BCUT2D eigenvalue weighted by Gasteiger charge is 2.79. The smallest absolute Gasteiger partial charge is 0.193 e. The number of ether oxygens (including phenoxy) is 2. The summed E-state index contributed by atoms with van der Waals surface area (Å²) in [6.45, 7) is 6.41. The van der Waals surface area contributed by atoms with Crippen LogP contribution in [0.1, 0.15) is 53.4 Å². The molecule has 4 fully saturated rings. The summed E-state index contributed by atoms with van der Waals surface area (Å²) in [6.07, 6.45) is 4.00. The Morgan fingerprint density at radius 1 is 1.26 bits per heavy atom. The highest BCUT2D eigenvalue weighted by molar-refractivity contribution is 6.01. The molecule has 0 amide bonds. The first kappa shape index (κ1) is 21.4. The van der Waals surface area contributed by atoms with Crippen LogP contribution in [0.3, 0.4) is 0 Å². The number of carbonyl (C=O) groups is 2. The average Bonchev–Trinajstić information content (AvgIpc) is 3.09. The fraction of sp³-hybridized carbons (Fsp3) is 0.750. The summed E-state index contributed by atoms with van der Waals surface area (Å²) < 4.78 is 29.5. The molecule has 0 bridgehead atoms. The number of Topliss-reactive ketones (excluding diaryl/α,β-unsaturated/α-hetero) is 1. The fourth-order valence-electron chi connectivity index (χ4n) is 7.93. The molecule has 0 aromatic heterocycles. The van der Waals surface area contributed by atoms with Crippen LogP contribution in [-0.4, -0.2) is 57.7 Å². The number of hydrogen-bond donors (Lipinski definition) is 2. The molecule has 1 heterocycles. The Morgan fingerprint density at radius 2 is 1.97 bits per heavy atom. The van der Waals surface area contributed by atoms with Gasteiger partial charge < -0.3 is 19.7 Å². The van der Waals surface area contributed by atoms with E-state index in [2.05, 4.69) is 0 Å². The van der Waals surface area contributed by atoms with Crippen LogP contribution in [-0.2, 0) is 19.1 Å². The summed E-state index contributed by atoms with van der Waals surface area (Å²) in [5, 5.41) is 21.2. The standard InChI is InChI=1S/C24H31FO6/c1-20(2)30-19-10-16-15-6-5-13-9-14(27)7-8-21(13,3)23(15,25)17(28)11-22(16,4)24(19,31-20)18(29)12-26/h7-9,15-17,19,26,28H,5-6,10-12H2,1-4H3/t15-,16?,17-,19?,21-,22-,23?,24?/m0/s1/i1+1,2+1,20+1. The van der Waals surface area contributed by atoms with Crippen LogP contribution in [0.15, 0.2) is 23.8 Å². The maximum absolute atomic E-state index is 17.1. The zero-order valence-electron chi connectivity index (χ0n) is 18.5. The number of ketones is 2. The number of alkyl halides is 1. The van der Waals surface area contributed by atoms with Crippen molar-refractivity contribution < 1.29 is 33.7 Å². The molecule has 8 atom stereocenters. The SMILES string of the molecule is C[C@]12C=CC(=O)C=C1CC[C@H]1C3CC4O[13C]([13CH3])([13CH3])OC4(C(=O)CO)[C@@]3(C)C[C@H](O)C12F. The monoisotopic (exact) mass is 437 g/mol. The lowest BCUT2D eigenvalue weighted by atomic mass is 9.44. The van der Waals surface area contributed by atoms with Crippen LogP contribution in [0.5, 0.6) is 0 Å². The summed E-state index contributed by atoms with van der Waals surface area (Å²) in [7, 11) is 0. The molecule has 4 unspecified atom stereocenters. The quantitative estimate of drug-likeness (QED) is 0.645. The van der Waals surface area contributed by atoms with Crippen molar-refractivity contribution in [3.63, 3.8) is 0 Å². The molecule has 31 heavy (non-hydrogen) atoms. The van der Waals surface area contributed by atoms with Crippen molar-refractivity contribution in [2.45, 2.75) is 82.6 Å². The molecule has 4 aliphatic carbocycles. The minimum atomic E-state index is -1.98. The van der Waals surface area contributed by atoms with Crippen LogP contribution in [0.4, 0.5) is 4.39 Å². The van der Waals surface area contributed by atoms with Gasteiger partial charge in [0.2, 0.25) is 0 Å². The number of aliphatic hydroxyl groups excluding tert-OH is 2. The highest BCUT2D eigenvalue weighted by atomic mass is 19.1. The van der Waals surface area contributed by atoms with Crippen LogP contribution in [0.25, 0.3) is 0 Å². The normalized spacial score (nSPS) is 52.1. The molecule has 0 aromatic carbocycles. The number of fused-ring (bicyclic) bond motifs is 7. The minimum absolute atomic E-state index is 0.0109.